The van der Waals surface area contributed by atoms with Gasteiger partial charge in [0.15, 0.2) is 0 Å². The van der Waals surface area contributed by atoms with Crippen molar-refractivity contribution in [2.24, 2.45) is 5.92 Å². The molecule has 0 bridgehead atoms. The molecule has 0 aliphatic heterocycles. The topological polar surface area (TPSA) is 48.7 Å². The Kier molecular flexibility index (Phi) is 4.62. The fourth-order valence-corrected chi connectivity index (χ4v) is 1.32. The molecule has 0 unspecified atom stereocenters. The third-order valence-corrected chi connectivity index (χ3v) is 2.15. The molecular weight excluding hydrogens is 186 g/mol. The lowest BCUT2D eigenvalue weighted by molar-refractivity contribution is 0.566. The number of nitriles is 1. The summed E-state index contributed by atoms with van der Waals surface area (Å²) in [4.78, 5) is 4.14. The van der Waals surface area contributed by atoms with E-state index in [2.05, 4.69) is 30.2 Å². The van der Waals surface area contributed by atoms with Gasteiger partial charge in [-0.15, -0.1) is 0 Å². The van der Waals surface area contributed by atoms with E-state index in [0.717, 1.165) is 24.7 Å². The second kappa shape index (κ2) is 6.02. The third-order valence-electron chi connectivity index (χ3n) is 2.15. The van der Waals surface area contributed by atoms with Crippen molar-refractivity contribution in [2.75, 3.05) is 11.9 Å². The first-order valence-corrected chi connectivity index (χ1v) is 5.32. The summed E-state index contributed by atoms with van der Waals surface area (Å²) < 4.78 is 0. The van der Waals surface area contributed by atoms with Crippen molar-refractivity contribution in [2.45, 2.75) is 26.7 Å². The molecule has 0 aliphatic rings. The van der Waals surface area contributed by atoms with Crippen molar-refractivity contribution in [3.05, 3.63) is 23.9 Å². The minimum atomic E-state index is 0.649. The smallest absolute Gasteiger partial charge is 0.127 e. The van der Waals surface area contributed by atoms with Crippen LogP contribution < -0.4 is 5.32 Å². The Hall–Kier alpha value is -1.56. The molecule has 1 N–H and O–H groups in total. The minimum Gasteiger partial charge on any atom is -0.370 e. The molecule has 0 aliphatic carbocycles. The molecule has 0 spiro atoms. The monoisotopic (exact) mass is 203 g/mol. The fraction of sp³-hybridized carbons (Fsp3) is 0.500. The maximum absolute atomic E-state index is 8.70. The lowest BCUT2D eigenvalue weighted by atomic mass is 10.1. The highest BCUT2D eigenvalue weighted by molar-refractivity contribution is 5.42. The van der Waals surface area contributed by atoms with Crippen molar-refractivity contribution in [3.63, 3.8) is 0 Å². The highest BCUT2D eigenvalue weighted by atomic mass is 15.0. The molecule has 0 aromatic carbocycles. The summed E-state index contributed by atoms with van der Waals surface area (Å²) in [6, 6.07) is 5.58. The van der Waals surface area contributed by atoms with Crippen molar-refractivity contribution in [1.82, 2.24) is 4.98 Å². The second-order valence-corrected chi connectivity index (χ2v) is 4.00. The van der Waals surface area contributed by atoms with Gasteiger partial charge in [0.25, 0.3) is 0 Å². The van der Waals surface area contributed by atoms with E-state index in [4.69, 9.17) is 5.26 Å². The highest BCUT2D eigenvalue weighted by Crippen LogP contribution is 2.07. The first kappa shape index (κ1) is 11.5. The van der Waals surface area contributed by atoms with E-state index in [-0.39, 0.29) is 0 Å². The van der Waals surface area contributed by atoms with Crippen LogP contribution in [-0.4, -0.2) is 11.5 Å². The number of pyridine rings is 1. The van der Waals surface area contributed by atoms with Gasteiger partial charge in [-0.1, -0.05) is 13.8 Å². The Labute approximate surface area is 91.1 Å². The van der Waals surface area contributed by atoms with Crippen LogP contribution in [0.15, 0.2) is 18.3 Å². The lowest BCUT2D eigenvalue weighted by Crippen LogP contribution is -2.04. The Morgan fingerprint density at radius 1 is 1.53 bits per heavy atom. The van der Waals surface area contributed by atoms with Crippen LogP contribution in [0.3, 0.4) is 0 Å². The van der Waals surface area contributed by atoms with E-state index in [1.165, 1.54) is 6.42 Å². The first-order valence-electron chi connectivity index (χ1n) is 5.32. The number of hydrogen-bond donors (Lipinski definition) is 1. The normalized spacial score (nSPS) is 10.0. The van der Waals surface area contributed by atoms with Crippen LogP contribution >= 0.6 is 0 Å². The Bertz CT molecular complexity index is 339. The zero-order valence-electron chi connectivity index (χ0n) is 9.33. The summed E-state index contributed by atoms with van der Waals surface area (Å²) in [5, 5.41) is 11.9. The minimum absolute atomic E-state index is 0.649. The Morgan fingerprint density at radius 3 is 3.00 bits per heavy atom. The second-order valence-electron chi connectivity index (χ2n) is 4.00. The molecule has 3 nitrogen and oxygen atoms in total. The van der Waals surface area contributed by atoms with E-state index in [9.17, 15) is 0 Å². The van der Waals surface area contributed by atoms with Gasteiger partial charge in [-0.2, -0.15) is 5.26 Å². The van der Waals surface area contributed by atoms with Gasteiger partial charge in [-0.25, -0.2) is 4.98 Å². The standard InChI is InChI=1S/C12H17N3/c1-10(2)4-3-6-14-12-8-11(9-13)5-7-15-12/h5,7-8,10H,3-4,6H2,1-2H3,(H,14,15). The van der Waals surface area contributed by atoms with Crippen LogP contribution in [0, 0.1) is 17.2 Å². The van der Waals surface area contributed by atoms with Gasteiger partial charge in [-0.3, -0.25) is 0 Å². The molecule has 1 aromatic rings. The average molecular weight is 203 g/mol. The summed E-state index contributed by atoms with van der Waals surface area (Å²) in [7, 11) is 0. The number of rotatable bonds is 5. The zero-order chi connectivity index (χ0) is 11.1. The Morgan fingerprint density at radius 2 is 2.33 bits per heavy atom. The quantitative estimate of drug-likeness (QED) is 0.748. The fourth-order valence-electron chi connectivity index (χ4n) is 1.32. The van der Waals surface area contributed by atoms with Crippen molar-refractivity contribution >= 4 is 5.82 Å². The van der Waals surface area contributed by atoms with Gasteiger partial charge in [0, 0.05) is 12.7 Å². The van der Waals surface area contributed by atoms with Crippen LogP contribution in [0.2, 0.25) is 0 Å². The summed E-state index contributed by atoms with van der Waals surface area (Å²) >= 11 is 0. The molecule has 15 heavy (non-hydrogen) atoms. The average Bonchev–Trinajstić information content (AvgIpc) is 2.24. The van der Waals surface area contributed by atoms with Crippen molar-refractivity contribution < 1.29 is 0 Å². The van der Waals surface area contributed by atoms with E-state index in [1.54, 1.807) is 18.3 Å². The van der Waals surface area contributed by atoms with Crippen LogP contribution in [-0.2, 0) is 0 Å². The van der Waals surface area contributed by atoms with Crippen LogP contribution in [0.1, 0.15) is 32.3 Å². The van der Waals surface area contributed by atoms with Crippen LogP contribution in [0.25, 0.3) is 0 Å². The molecule has 3 heteroatoms. The first-order chi connectivity index (χ1) is 7.22. The van der Waals surface area contributed by atoms with E-state index in [1.807, 2.05) is 0 Å². The molecule has 0 radical (unpaired) electrons. The highest BCUT2D eigenvalue weighted by Gasteiger charge is 1.97. The van der Waals surface area contributed by atoms with E-state index >= 15 is 0 Å². The molecule has 1 aromatic heterocycles. The third kappa shape index (κ3) is 4.46. The van der Waals surface area contributed by atoms with Gasteiger partial charge in [0.1, 0.15) is 5.82 Å². The molecule has 0 amide bonds. The molecule has 1 rings (SSSR count). The van der Waals surface area contributed by atoms with Crippen LogP contribution in [0.5, 0.6) is 0 Å². The van der Waals surface area contributed by atoms with Gasteiger partial charge in [0.05, 0.1) is 11.6 Å². The molecule has 1 heterocycles. The van der Waals surface area contributed by atoms with Gasteiger partial charge in [-0.05, 0) is 30.9 Å². The molecule has 0 saturated carbocycles. The SMILES string of the molecule is CC(C)CCCNc1cc(C#N)ccn1. The number of aromatic nitrogens is 1. The predicted molar refractivity (Wildman–Crippen MR) is 61.5 cm³/mol. The molecule has 0 atom stereocenters. The number of anilines is 1. The summed E-state index contributed by atoms with van der Waals surface area (Å²) in [6.07, 6.45) is 4.00. The molecular formula is C12H17N3. The summed E-state index contributed by atoms with van der Waals surface area (Å²) in [5.41, 5.74) is 0.649. The van der Waals surface area contributed by atoms with Crippen molar-refractivity contribution in [3.8, 4) is 6.07 Å². The Balaban J connectivity index is 2.35. The maximum Gasteiger partial charge on any atom is 0.127 e. The molecule has 0 saturated heterocycles. The number of hydrogen-bond acceptors (Lipinski definition) is 3. The van der Waals surface area contributed by atoms with Gasteiger partial charge >= 0.3 is 0 Å². The van der Waals surface area contributed by atoms with Crippen LogP contribution in [0.4, 0.5) is 5.82 Å². The molecule has 0 fully saturated rings. The van der Waals surface area contributed by atoms with E-state index < -0.39 is 0 Å². The largest absolute Gasteiger partial charge is 0.370 e. The lowest BCUT2D eigenvalue weighted by Gasteiger charge is -2.06. The number of nitrogens with zero attached hydrogens (tertiary/aromatic N) is 2. The summed E-state index contributed by atoms with van der Waals surface area (Å²) in [5.74, 6) is 1.53. The maximum atomic E-state index is 8.70. The number of nitrogens with one attached hydrogen (secondary N) is 1. The zero-order valence-corrected chi connectivity index (χ0v) is 9.33. The molecule has 80 valence electrons. The summed E-state index contributed by atoms with van der Waals surface area (Å²) in [6.45, 7) is 5.35. The van der Waals surface area contributed by atoms with Gasteiger partial charge in [0.2, 0.25) is 0 Å². The predicted octanol–water partition coefficient (Wildman–Crippen LogP) is 2.80. The van der Waals surface area contributed by atoms with E-state index in [0.29, 0.717) is 5.56 Å². The van der Waals surface area contributed by atoms with Crippen molar-refractivity contribution in [1.29, 1.82) is 5.26 Å². The van der Waals surface area contributed by atoms with Gasteiger partial charge < -0.3 is 5.32 Å².